The molecule has 0 N–H and O–H groups in total. The summed E-state index contributed by atoms with van der Waals surface area (Å²) in [6.45, 7) is 6.00. The number of amides is 1. The van der Waals surface area contributed by atoms with E-state index in [0.717, 1.165) is 17.7 Å². The van der Waals surface area contributed by atoms with Crippen molar-refractivity contribution >= 4 is 41.0 Å². The second kappa shape index (κ2) is 11.8. The van der Waals surface area contributed by atoms with Crippen LogP contribution in [0.2, 0.25) is 0 Å². The SMILES string of the molecule is CCOC(=O)C(C)N(Cc1ccccc1)SN(C)C(=O)O/N=C(\C)SC. The van der Waals surface area contributed by atoms with Crippen molar-refractivity contribution in [2.24, 2.45) is 5.16 Å². The second-order valence-corrected chi connectivity index (χ2v) is 7.42. The molecule has 1 atom stereocenters. The number of oxime groups is 1. The fourth-order valence-electron chi connectivity index (χ4n) is 1.77. The van der Waals surface area contributed by atoms with Gasteiger partial charge in [0, 0.05) is 25.7 Å². The van der Waals surface area contributed by atoms with E-state index in [1.165, 1.54) is 16.1 Å². The Hall–Kier alpha value is -1.71. The standard InChI is InChI=1S/C17H25N3O4S2/c1-6-23-16(21)13(2)20(12-15-10-8-7-9-11-15)26-19(4)17(22)24-18-14(3)25-5/h7-11,13H,6,12H2,1-5H3/b18-14+. The fraction of sp³-hybridized carbons (Fsp3) is 0.471. The van der Waals surface area contributed by atoms with Crippen molar-refractivity contribution in [3.8, 4) is 0 Å². The van der Waals surface area contributed by atoms with Crippen LogP contribution in [0.15, 0.2) is 35.5 Å². The van der Waals surface area contributed by atoms with Gasteiger partial charge in [-0.2, -0.15) is 0 Å². The predicted molar refractivity (Wildman–Crippen MR) is 107 cm³/mol. The van der Waals surface area contributed by atoms with Gasteiger partial charge in [0.15, 0.2) is 0 Å². The molecule has 0 saturated heterocycles. The molecule has 1 unspecified atom stereocenters. The first kappa shape index (κ1) is 22.3. The number of carbonyl (C=O) groups is 2. The molecule has 144 valence electrons. The molecule has 0 aliphatic carbocycles. The Kier molecular flexibility index (Phi) is 10.2. The van der Waals surface area contributed by atoms with Crippen LogP contribution in [0.1, 0.15) is 26.3 Å². The summed E-state index contributed by atoms with van der Waals surface area (Å²) in [6.07, 6.45) is 1.21. The third-order valence-electron chi connectivity index (χ3n) is 3.27. The van der Waals surface area contributed by atoms with Crippen molar-refractivity contribution in [2.75, 3.05) is 19.9 Å². The molecule has 9 heteroatoms. The maximum atomic E-state index is 12.1. The van der Waals surface area contributed by atoms with Crippen molar-refractivity contribution < 1.29 is 19.2 Å². The number of carbonyl (C=O) groups excluding carboxylic acids is 2. The van der Waals surface area contributed by atoms with Gasteiger partial charge in [-0.1, -0.05) is 35.5 Å². The molecule has 7 nitrogen and oxygen atoms in total. The molecule has 0 saturated carbocycles. The van der Waals surface area contributed by atoms with Crippen LogP contribution in [-0.2, 0) is 20.9 Å². The number of nitrogens with zero attached hydrogens (tertiary/aromatic N) is 3. The van der Waals surface area contributed by atoms with Crippen LogP contribution in [-0.4, -0.2) is 51.7 Å². The summed E-state index contributed by atoms with van der Waals surface area (Å²) >= 11 is 2.47. The average molecular weight is 400 g/mol. The minimum atomic E-state index is -0.627. The van der Waals surface area contributed by atoms with E-state index in [9.17, 15) is 9.59 Å². The highest BCUT2D eigenvalue weighted by atomic mass is 32.2. The average Bonchev–Trinajstić information content (AvgIpc) is 2.65. The lowest BCUT2D eigenvalue weighted by Gasteiger charge is -2.28. The number of rotatable bonds is 8. The zero-order chi connectivity index (χ0) is 19.5. The molecule has 0 aliphatic heterocycles. The highest BCUT2D eigenvalue weighted by Crippen LogP contribution is 2.23. The van der Waals surface area contributed by atoms with Crippen molar-refractivity contribution in [3.05, 3.63) is 35.9 Å². The Labute approximate surface area is 163 Å². The number of benzene rings is 1. The second-order valence-electron chi connectivity index (χ2n) is 5.24. The van der Waals surface area contributed by atoms with Gasteiger partial charge < -0.3 is 4.74 Å². The van der Waals surface area contributed by atoms with Crippen LogP contribution >= 0.6 is 23.9 Å². The van der Waals surface area contributed by atoms with Crippen LogP contribution in [0.4, 0.5) is 4.79 Å². The van der Waals surface area contributed by atoms with Crippen molar-refractivity contribution in [1.29, 1.82) is 0 Å². The van der Waals surface area contributed by atoms with Gasteiger partial charge in [-0.15, -0.1) is 11.8 Å². The van der Waals surface area contributed by atoms with E-state index in [1.807, 2.05) is 36.6 Å². The summed E-state index contributed by atoms with van der Waals surface area (Å²) < 4.78 is 8.16. The molecule has 1 aromatic rings. The lowest BCUT2D eigenvalue weighted by Crippen LogP contribution is -2.38. The molecule has 0 spiro atoms. The molecular formula is C17H25N3O4S2. The molecule has 0 radical (unpaired) electrons. The third kappa shape index (κ3) is 7.67. The van der Waals surface area contributed by atoms with E-state index in [1.54, 1.807) is 32.1 Å². The maximum absolute atomic E-state index is 12.1. The van der Waals surface area contributed by atoms with Crippen LogP contribution in [0.3, 0.4) is 0 Å². The first-order chi connectivity index (χ1) is 12.4. The van der Waals surface area contributed by atoms with Gasteiger partial charge in [-0.25, -0.2) is 13.4 Å². The zero-order valence-corrected chi connectivity index (χ0v) is 17.3. The normalized spacial score (nSPS) is 12.6. The van der Waals surface area contributed by atoms with Gasteiger partial charge in [-0.3, -0.25) is 9.63 Å². The third-order valence-corrected chi connectivity index (χ3v) is 4.99. The first-order valence-electron chi connectivity index (χ1n) is 8.07. The maximum Gasteiger partial charge on any atom is 0.446 e. The number of esters is 1. The van der Waals surface area contributed by atoms with E-state index in [-0.39, 0.29) is 5.97 Å². The summed E-state index contributed by atoms with van der Waals surface area (Å²) in [4.78, 5) is 29.1. The number of hydrogen-bond acceptors (Lipinski definition) is 8. The van der Waals surface area contributed by atoms with Gasteiger partial charge in [-0.05, 0) is 32.6 Å². The predicted octanol–water partition coefficient (Wildman–Crippen LogP) is 3.77. The van der Waals surface area contributed by atoms with Crippen LogP contribution in [0.25, 0.3) is 0 Å². The minimum absolute atomic E-state index is 0.299. The summed E-state index contributed by atoms with van der Waals surface area (Å²) in [6, 6.07) is 9.12. The topological polar surface area (TPSA) is 71.4 Å². The van der Waals surface area contributed by atoms with Gasteiger partial charge in [0.25, 0.3) is 0 Å². The Morgan fingerprint density at radius 1 is 1.27 bits per heavy atom. The molecule has 26 heavy (non-hydrogen) atoms. The largest absolute Gasteiger partial charge is 0.465 e. The van der Waals surface area contributed by atoms with Gasteiger partial charge in [0.05, 0.1) is 6.61 Å². The molecule has 0 heterocycles. The van der Waals surface area contributed by atoms with Crippen LogP contribution in [0, 0.1) is 0 Å². The Balaban J connectivity index is 2.83. The molecule has 1 amide bonds. The Bertz CT molecular complexity index is 613. The molecule has 0 bridgehead atoms. The molecule has 1 aromatic carbocycles. The molecule has 0 aliphatic rings. The molecule has 0 aromatic heterocycles. The lowest BCUT2D eigenvalue weighted by atomic mass is 10.2. The van der Waals surface area contributed by atoms with Crippen LogP contribution < -0.4 is 0 Å². The summed E-state index contributed by atoms with van der Waals surface area (Å²) in [5, 5.41) is 4.37. The smallest absolute Gasteiger partial charge is 0.446 e. The van der Waals surface area contributed by atoms with Gasteiger partial charge in [0.2, 0.25) is 0 Å². The summed E-state index contributed by atoms with van der Waals surface area (Å²) in [5.74, 6) is -0.353. The highest BCUT2D eigenvalue weighted by Gasteiger charge is 2.27. The van der Waals surface area contributed by atoms with E-state index < -0.39 is 12.1 Å². The van der Waals surface area contributed by atoms with E-state index in [0.29, 0.717) is 18.2 Å². The first-order valence-corrected chi connectivity index (χ1v) is 10.0. The summed E-state index contributed by atoms with van der Waals surface area (Å²) in [5.41, 5.74) is 1.01. The zero-order valence-electron chi connectivity index (χ0n) is 15.7. The number of thioether (sulfide) groups is 1. The quantitative estimate of drug-likeness (QED) is 0.165. The Morgan fingerprint density at radius 2 is 1.92 bits per heavy atom. The van der Waals surface area contributed by atoms with Crippen LogP contribution in [0.5, 0.6) is 0 Å². The molecular weight excluding hydrogens is 374 g/mol. The van der Waals surface area contributed by atoms with Crippen molar-refractivity contribution in [3.63, 3.8) is 0 Å². The summed E-state index contributed by atoms with van der Waals surface area (Å²) in [7, 11) is 1.56. The van der Waals surface area contributed by atoms with E-state index in [2.05, 4.69) is 5.16 Å². The van der Waals surface area contributed by atoms with Gasteiger partial charge in [0.1, 0.15) is 11.1 Å². The molecule has 1 rings (SSSR count). The highest BCUT2D eigenvalue weighted by molar-refractivity contribution is 8.13. The fourth-order valence-corrected chi connectivity index (χ4v) is 2.73. The number of ether oxygens (including phenoxy) is 1. The minimum Gasteiger partial charge on any atom is -0.465 e. The lowest BCUT2D eigenvalue weighted by molar-refractivity contribution is -0.147. The van der Waals surface area contributed by atoms with E-state index >= 15 is 0 Å². The van der Waals surface area contributed by atoms with Crippen molar-refractivity contribution in [1.82, 2.24) is 8.61 Å². The van der Waals surface area contributed by atoms with E-state index in [4.69, 9.17) is 9.57 Å². The molecule has 0 fully saturated rings. The van der Waals surface area contributed by atoms with Gasteiger partial charge >= 0.3 is 12.1 Å². The van der Waals surface area contributed by atoms with Crippen molar-refractivity contribution in [2.45, 2.75) is 33.4 Å². The number of hydrogen-bond donors (Lipinski definition) is 0. The Morgan fingerprint density at radius 3 is 2.50 bits per heavy atom. The monoisotopic (exact) mass is 399 g/mol.